The molecule has 0 aromatic carbocycles. The number of rotatable bonds is 2. The lowest BCUT2D eigenvalue weighted by Crippen LogP contribution is -2.42. The van der Waals surface area contributed by atoms with E-state index in [2.05, 4.69) is 29.6 Å². The molecule has 2 fully saturated rings. The van der Waals surface area contributed by atoms with E-state index in [-0.39, 0.29) is 5.41 Å². The van der Waals surface area contributed by atoms with Gasteiger partial charge in [0.2, 0.25) is 6.41 Å². The Balaban J connectivity index is 1.93. The quantitative estimate of drug-likeness (QED) is 0.770. The number of hydrogen-bond acceptors (Lipinski definition) is 3. The van der Waals surface area contributed by atoms with Gasteiger partial charge in [0, 0.05) is 56.1 Å². The average Bonchev–Trinajstić information content (AvgIpc) is 2.74. The van der Waals surface area contributed by atoms with Gasteiger partial charge in [0.25, 0.3) is 0 Å². The minimum absolute atomic E-state index is 0.0945. The van der Waals surface area contributed by atoms with E-state index in [4.69, 9.17) is 0 Å². The second-order valence-electron chi connectivity index (χ2n) is 5.96. The number of allylic oxidation sites excluding steroid dienone is 1. The molecule has 4 nitrogen and oxygen atoms in total. The van der Waals surface area contributed by atoms with Crippen molar-refractivity contribution in [2.24, 2.45) is 5.41 Å². The molecule has 1 spiro atoms. The van der Waals surface area contributed by atoms with Gasteiger partial charge in [-0.3, -0.25) is 9.78 Å². The van der Waals surface area contributed by atoms with Gasteiger partial charge in [0.15, 0.2) is 0 Å². The van der Waals surface area contributed by atoms with E-state index < -0.39 is 0 Å². The summed E-state index contributed by atoms with van der Waals surface area (Å²) in [5.41, 5.74) is 2.60. The van der Waals surface area contributed by atoms with Gasteiger partial charge in [-0.25, -0.2) is 0 Å². The highest BCUT2D eigenvalue weighted by molar-refractivity contribution is 5.47. The Kier molecular flexibility index (Phi) is 3.24. The summed E-state index contributed by atoms with van der Waals surface area (Å²) in [6.07, 6.45) is 6.75. The maximum Gasteiger partial charge on any atom is 0.209 e. The molecule has 1 aromatic heterocycles. The van der Waals surface area contributed by atoms with Crippen LogP contribution in [0.1, 0.15) is 24.3 Å². The molecular weight excluding hydrogens is 250 g/mol. The predicted molar refractivity (Wildman–Crippen MR) is 78.1 cm³/mol. The molecule has 0 bridgehead atoms. The third kappa shape index (κ3) is 1.90. The Morgan fingerprint density at radius 3 is 2.80 bits per heavy atom. The highest BCUT2D eigenvalue weighted by atomic mass is 16.1. The molecule has 0 N–H and O–H groups in total. The molecule has 4 heteroatoms. The fourth-order valence-corrected chi connectivity index (χ4v) is 3.81. The molecule has 2 saturated heterocycles. The fraction of sp³-hybridized carbons (Fsp3) is 0.500. The third-order valence-electron chi connectivity index (χ3n) is 5.09. The lowest BCUT2D eigenvalue weighted by Gasteiger charge is -2.42. The molecule has 2 aliphatic rings. The first kappa shape index (κ1) is 13.2. The first-order chi connectivity index (χ1) is 9.67. The molecule has 0 saturated carbocycles. The van der Waals surface area contributed by atoms with Gasteiger partial charge in [0.1, 0.15) is 0 Å². The molecule has 1 aromatic rings. The maximum atomic E-state index is 10.9. The Morgan fingerprint density at radius 1 is 1.45 bits per heavy atom. The zero-order valence-electron chi connectivity index (χ0n) is 12.0. The van der Waals surface area contributed by atoms with Gasteiger partial charge in [-0.2, -0.15) is 0 Å². The van der Waals surface area contributed by atoms with E-state index >= 15 is 0 Å². The van der Waals surface area contributed by atoms with Crippen LogP contribution in [0.25, 0.3) is 0 Å². The number of carbonyl (C=O) groups excluding carboxylic acids is 1. The summed E-state index contributed by atoms with van der Waals surface area (Å²) >= 11 is 0. The summed E-state index contributed by atoms with van der Waals surface area (Å²) in [4.78, 5) is 19.4. The number of likely N-dealkylation sites (tertiary alicyclic amines) is 2. The van der Waals surface area contributed by atoms with Crippen LogP contribution >= 0.6 is 0 Å². The van der Waals surface area contributed by atoms with Crippen LogP contribution in [-0.4, -0.2) is 47.9 Å². The standard InChI is InChI=1S/C16H21N3O/c1-13-16(5-8-19(12-20)9-6-16)15(11-18(13)2)14-4-3-7-17-10-14/h3-4,7,10,12,15H,1,5-6,8-9,11H2,2H3. The van der Waals surface area contributed by atoms with E-state index in [9.17, 15) is 4.79 Å². The smallest absolute Gasteiger partial charge is 0.209 e. The van der Waals surface area contributed by atoms with Crippen molar-refractivity contribution >= 4 is 6.41 Å². The number of likely N-dealkylation sites (N-methyl/N-ethyl adjacent to an activating group) is 1. The van der Waals surface area contributed by atoms with Gasteiger partial charge in [0.05, 0.1) is 0 Å². The largest absolute Gasteiger partial charge is 0.377 e. The molecule has 1 atom stereocenters. The minimum atomic E-state index is 0.0945. The van der Waals surface area contributed by atoms with Crippen molar-refractivity contribution in [3.63, 3.8) is 0 Å². The molecule has 0 radical (unpaired) electrons. The van der Waals surface area contributed by atoms with Crippen LogP contribution < -0.4 is 0 Å². The van der Waals surface area contributed by atoms with Crippen LogP contribution in [-0.2, 0) is 4.79 Å². The second-order valence-corrected chi connectivity index (χ2v) is 5.96. The molecule has 106 valence electrons. The first-order valence-electron chi connectivity index (χ1n) is 7.17. The zero-order chi connectivity index (χ0) is 14.2. The molecule has 1 amide bonds. The number of aromatic nitrogens is 1. The van der Waals surface area contributed by atoms with Gasteiger partial charge < -0.3 is 9.80 Å². The van der Waals surface area contributed by atoms with E-state index in [0.29, 0.717) is 5.92 Å². The predicted octanol–water partition coefficient (Wildman–Crippen LogP) is 1.86. The van der Waals surface area contributed by atoms with E-state index in [1.807, 2.05) is 23.4 Å². The van der Waals surface area contributed by atoms with Crippen LogP contribution in [0.4, 0.5) is 0 Å². The third-order valence-corrected chi connectivity index (χ3v) is 5.09. The number of amides is 1. The highest BCUT2D eigenvalue weighted by Crippen LogP contribution is 2.54. The normalized spacial score (nSPS) is 25.2. The Bertz CT molecular complexity index is 506. The summed E-state index contributed by atoms with van der Waals surface area (Å²) in [6.45, 7) is 6.98. The minimum Gasteiger partial charge on any atom is -0.377 e. The van der Waals surface area contributed by atoms with E-state index in [1.54, 1.807) is 0 Å². The number of pyridine rings is 1. The molecule has 20 heavy (non-hydrogen) atoms. The van der Waals surface area contributed by atoms with Crippen molar-refractivity contribution in [3.8, 4) is 0 Å². The van der Waals surface area contributed by atoms with Crippen molar-refractivity contribution in [2.45, 2.75) is 18.8 Å². The summed E-state index contributed by atoms with van der Waals surface area (Å²) in [5, 5.41) is 0. The fourth-order valence-electron chi connectivity index (χ4n) is 3.81. The van der Waals surface area contributed by atoms with Crippen LogP contribution in [0, 0.1) is 5.41 Å². The van der Waals surface area contributed by atoms with Crippen LogP contribution in [0.5, 0.6) is 0 Å². The first-order valence-corrected chi connectivity index (χ1v) is 7.17. The molecular formula is C16H21N3O. The number of nitrogens with zero attached hydrogens (tertiary/aromatic N) is 3. The molecule has 3 heterocycles. The van der Waals surface area contributed by atoms with Gasteiger partial charge in [-0.15, -0.1) is 0 Å². The lowest BCUT2D eigenvalue weighted by atomic mass is 9.67. The van der Waals surface area contributed by atoms with E-state index in [0.717, 1.165) is 38.9 Å². The summed E-state index contributed by atoms with van der Waals surface area (Å²) in [6, 6.07) is 4.17. The molecule has 1 unspecified atom stereocenters. The van der Waals surface area contributed by atoms with Crippen molar-refractivity contribution in [1.29, 1.82) is 0 Å². The number of carbonyl (C=O) groups is 1. The van der Waals surface area contributed by atoms with Crippen LogP contribution in [0.3, 0.4) is 0 Å². The van der Waals surface area contributed by atoms with Crippen LogP contribution in [0.15, 0.2) is 36.8 Å². The van der Waals surface area contributed by atoms with Crippen molar-refractivity contribution in [1.82, 2.24) is 14.8 Å². The number of piperidine rings is 1. The Hall–Kier alpha value is -1.84. The average molecular weight is 271 g/mol. The van der Waals surface area contributed by atoms with E-state index in [1.165, 1.54) is 11.3 Å². The van der Waals surface area contributed by atoms with Gasteiger partial charge in [-0.1, -0.05) is 12.6 Å². The topological polar surface area (TPSA) is 36.4 Å². The van der Waals surface area contributed by atoms with Gasteiger partial charge in [-0.05, 0) is 24.5 Å². The summed E-state index contributed by atoms with van der Waals surface area (Å²) < 4.78 is 0. The highest BCUT2D eigenvalue weighted by Gasteiger charge is 2.50. The monoisotopic (exact) mass is 271 g/mol. The van der Waals surface area contributed by atoms with Crippen molar-refractivity contribution in [3.05, 3.63) is 42.4 Å². The Labute approximate surface area is 120 Å². The summed E-state index contributed by atoms with van der Waals surface area (Å²) in [7, 11) is 2.12. The SMILES string of the molecule is C=C1N(C)CC(c2cccnc2)C12CCN(C=O)CC2. The Morgan fingerprint density at radius 2 is 2.20 bits per heavy atom. The van der Waals surface area contributed by atoms with Crippen molar-refractivity contribution in [2.75, 3.05) is 26.7 Å². The van der Waals surface area contributed by atoms with Gasteiger partial charge >= 0.3 is 0 Å². The molecule has 3 rings (SSSR count). The number of hydrogen-bond donors (Lipinski definition) is 0. The second kappa shape index (κ2) is 4.93. The maximum absolute atomic E-state index is 10.9. The lowest BCUT2D eigenvalue weighted by molar-refractivity contribution is -0.120. The molecule has 0 aliphatic carbocycles. The summed E-state index contributed by atoms with van der Waals surface area (Å²) in [5.74, 6) is 0.433. The molecule has 2 aliphatic heterocycles. The van der Waals surface area contributed by atoms with Crippen LogP contribution in [0.2, 0.25) is 0 Å². The zero-order valence-corrected chi connectivity index (χ0v) is 12.0. The van der Waals surface area contributed by atoms with Crippen molar-refractivity contribution < 1.29 is 4.79 Å².